The van der Waals surface area contributed by atoms with Crippen LogP contribution in [0, 0.1) is 6.92 Å². The summed E-state index contributed by atoms with van der Waals surface area (Å²) >= 11 is 6.18. The van der Waals surface area contributed by atoms with Crippen LogP contribution < -0.4 is 15.4 Å². The van der Waals surface area contributed by atoms with Crippen molar-refractivity contribution >= 4 is 29.1 Å². The van der Waals surface area contributed by atoms with Gasteiger partial charge in [0.05, 0.1) is 30.0 Å². The fraction of sp³-hybridized carbons (Fsp3) is 0.258. The van der Waals surface area contributed by atoms with Gasteiger partial charge in [-0.2, -0.15) is 0 Å². The van der Waals surface area contributed by atoms with Crippen LogP contribution in [0.2, 0.25) is 5.02 Å². The van der Waals surface area contributed by atoms with E-state index in [1.54, 1.807) is 12.1 Å². The van der Waals surface area contributed by atoms with Gasteiger partial charge in [0.2, 0.25) is 5.91 Å². The minimum Gasteiger partial charge on any atom is -0.504 e. The van der Waals surface area contributed by atoms with E-state index < -0.39 is 17.7 Å². The topological polar surface area (TPSA) is 151 Å². The molecular weight excluding hydrogens is 572 g/mol. The lowest BCUT2D eigenvalue weighted by Crippen LogP contribution is -2.25. The molecule has 0 fully saturated rings. The van der Waals surface area contributed by atoms with E-state index in [9.17, 15) is 19.8 Å². The molecule has 2 amide bonds. The van der Waals surface area contributed by atoms with Crippen LogP contribution in [0.3, 0.4) is 0 Å². The van der Waals surface area contributed by atoms with Crippen molar-refractivity contribution in [1.82, 2.24) is 25.4 Å². The van der Waals surface area contributed by atoms with Crippen LogP contribution in [-0.2, 0) is 4.79 Å². The molecule has 1 aliphatic rings. The van der Waals surface area contributed by atoms with Gasteiger partial charge in [-0.3, -0.25) is 19.1 Å². The predicted octanol–water partition coefficient (Wildman–Crippen LogP) is 4.26. The number of aliphatic imine (C=N–C) groups is 1. The van der Waals surface area contributed by atoms with Gasteiger partial charge in [0, 0.05) is 29.2 Å². The number of amides is 2. The van der Waals surface area contributed by atoms with E-state index in [-0.39, 0.29) is 23.6 Å². The molecule has 1 aromatic heterocycles. The summed E-state index contributed by atoms with van der Waals surface area (Å²) in [5.74, 6) is 0.365. The fourth-order valence-corrected chi connectivity index (χ4v) is 4.98. The molecular formula is C31H31ClN6O5. The smallest absolute Gasteiger partial charge is 0.255 e. The maximum atomic E-state index is 12.7. The van der Waals surface area contributed by atoms with Crippen molar-refractivity contribution in [2.45, 2.75) is 32.7 Å². The van der Waals surface area contributed by atoms with Gasteiger partial charge in [0.1, 0.15) is 17.6 Å². The first-order valence-corrected chi connectivity index (χ1v) is 14.2. The molecule has 4 N–H and O–H groups in total. The van der Waals surface area contributed by atoms with Crippen LogP contribution in [-0.4, -0.2) is 62.2 Å². The van der Waals surface area contributed by atoms with Gasteiger partial charge in [0.25, 0.3) is 5.91 Å². The number of para-hydroxylation sites is 1. The number of phenols is 2. The number of carbonyl (C=O) groups excluding carboxylic acids is 2. The monoisotopic (exact) mass is 602 g/mol. The Morgan fingerprint density at radius 1 is 1.05 bits per heavy atom. The second-order valence-electron chi connectivity index (χ2n) is 9.91. The van der Waals surface area contributed by atoms with Crippen molar-refractivity contribution in [2.75, 3.05) is 19.7 Å². The standard InChI is InChI=1S/C31H31ClN6O5/c1-3-33-27(40)17-24-30-37-36-18(2)38(30)25-13-12-21(16-23(25)28(35-24)19-8-10-20(32)11-9-19)43-15-5-14-34-31(42)22-6-4-7-26(39)29(22)41/h4,6-13,16,24,39,41H,3,5,14-15,17H2,1-2H3,(H,33,40)(H,34,42)/t24-/m0/s1. The zero-order valence-corrected chi connectivity index (χ0v) is 24.4. The lowest BCUT2D eigenvalue weighted by atomic mass is 10.00. The number of hydrogen-bond donors (Lipinski definition) is 4. The number of aryl methyl sites for hydroxylation is 1. The van der Waals surface area contributed by atoms with Gasteiger partial charge >= 0.3 is 0 Å². The van der Waals surface area contributed by atoms with Crippen molar-refractivity contribution in [3.8, 4) is 22.9 Å². The van der Waals surface area contributed by atoms with E-state index in [0.29, 0.717) is 54.2 Å². The molecule has 12 heteroatoms. The average Bonchev–Trinajstić information content (AvgIpc) is 3.31. The van der Waals surface area contributed by atoms with Crippen molar-refractivity contribution < 1.29 is 24.5 Å². The number of halogens is 1. The molecule has 0 spiro atoms. The molecule has 0 aliphatic carbocycles. The number of aromatic nitrogens is 3. The van der Waals surface area contributed by atoms with E-state index in [1.807, 2.05) is 48.7 Å². The van der Waals surface area contributed by atoms with E-state index in [0.717, 1.165) is 16.8 Å². The normalized spacial score (nSPS) is 13.7. The quantitative estimate of drug-likeness (QED) is 0.156. The highest BCUT2D eigenvalue weighted by Crippen LogP contribution is 2.34. The molecule has 0 bridgehead atoms. The van der Waals surface area contributed by atoms with Crippen molar-refractivity contribution in [3.05, 3.63) is 94.0 Å². The maximum absolute atomic E-state index is 12.7. The summed E-state index contributed by atoms with van der Waals surface area (Å²) in [6.45, 7) is 4.82. The maximum Gasteiger partial charge on any atom is 0.255 e. The van der Waals surface area contributed by atoms with E-state index in [1.165, 1.54) is 18.2 Å². The summed E-state index contributed by atoms with van der Waals surface area (Å²) in [6.07, 6.45) is 0.594. The average molecular weight is 603 g/mol. The number of ether oxygens (including phenoxy) is 1. The Balaban J connectivity index is 1.39. The molecule has 4 aromatic rings. The van der Waals surface area contributed by atoms with Crippen LogP contribution in [0.4, 0.5) is 0 Å². The Bertz CT molecular complexity index is 1680. The first-order chi connectivity index (χ1) is 20.8. The minimum absolute atomic E-state index is 0.00480. The van der Waals surface area contributed by atoms with Crippen LogP contribution in [0.1, 0.15) is 58.9 Å². The van der Waals surface area contributed by atoms with Crippen LogP contribution >= 0.6 is 11.6 Å². The second kappa shape index (κ2) is 13.0. The molecule has 0 unspecified atom stereocenters. The Morgan fingerprint density at radius 2 is 1.84 bits per heavy atom. The van der Waals surface area contributed by atoms with Crippen LogP contribution in [0.25, 0.3) is 5.69 Å². The first-order valence-electron chi connectivity index (χ1n) is 13.9. The number of rotatable bonds is 10. The SMILES string of the molecule is CCNC(=O)C[C@@H]1N=C(c2ccc(Cl)cc2)c2cc(OCCCNC(=O)c3cccc(O)c3O)ccc2-n2c(C)nnc21. The number of carbonyl (C=O) groups is 2. The lowest BCUT2D eigenvalue weighted by Gasteiger charge is -2.15. The fourth-order valence-electron chi connectivity index (χ4n) is 4.86. The Kier molecular flexibility index (Phi) is 8.91. The molecule has 5 rings (SSSR count). The number of phenolic OH excluding ortho intramolecular Hbond substituents is 2. The second-order valence-corrected chi connectivity index (χ2v) is 10.3. The highest BCUT2D eigenvalue weighted by molar-refractivity contribution is 6.30. The lowest BCUT2D eigenvalue weighted by molar-refractivity contribution is -0.121. The number of aromatic hydroxyl groups is 2. The molecule has 3 aromatic carbocycles. The Morgan fingerprint density at radius 3 is 2.60 bits per heavy atom. The largest absolute Gasteiger partial charge is 0.504 e. The van der Waals surface area contributed by atoms with E-state index in [2.05, 4.69) is 20.8 Å². The number of nitrogens with one attached hydrogen (secondary N) is 2. The molecule has 43 heavy (non-hydrogen) atoms. The van der Waals surface area contributed by atoms with Gasteiger partial charge in [-0.1, -0.05) is 29.8 Å². The van der Waals surface area contributed by atoms with E-state index >= 15 is 0 Å². The van der Waals surface area contributed by atoms with Crippen LogP contribution in [0.5, 0.6) is 17.2 Å². The highest BCUT2D eigenvalue weighted by atomic mass is 35.5. The van der Waals surface area contributed by atoms with Crippen LogP contribution in [0.15, 0.2) is 65.7 Å². The summed E-state index contributed by atoms with van der Waals surface area (Å²) in [4.78, 5) is 30.1. The zero-order valence-electron chi connectivity index (χ0n) is 23.7. The van der Waals surface area contributed by atoms with Gasteiger partial charge in [-0.15, -0.1) is 10.2 Å². The Labute approximate surface area is 253 Å². The van der Waals surface area contributed by atoms with Crippen molar-refractivity contribution in [2.24, 2.45) is 4.99 Å². The number of fused-ring (bicyclic) bond motifs is 3. The summed E-state index contributed by atoms with van der Waals surface area (Å²) < 4.78 is 7.97. The molecule has 2 heterocycles. The molecule has 1 aliphatic heterocycles. The van der Waals surface area contributed by atoms with Gasteiger partial charge < -0.3 is 25.6 Å². The molecule has 0 saturated heterocycles. The number of nitrogens with zero attached hydrogens (tertiary/aromatic N) is 4. The summed E-state index contributed by atoms with van der Waals surface area (Å²) in [5.41, 5.74) is 3.05. The van der Waals surface area contributed by atoms with Gasteiger partial charge in [-0.25, -0.2) is 0 Å². The number of benzene rings is 3. The number of hydrogen-bond acceptors (Lipinski definition) is 8. The van der Waals surface area contributed by atoms with Gasteiger partial charge in [0.15, 0.2) is 17.3 Å². The molecule has 0 radical (unpaired) electrons. The van der Waals surface area contributed by atoms with Crippen molar-refractivity contribution in [3.63, 3.8) is 0 Å². The molecule has 222 valence electrons. The summed E-state index contributed by atoms with van der Waals surface area (Å²) in [6, 6.07) is 16.6. The predicted molar refractivity (Wildman–Crippen MR) is 161 cm³/mol. The van der Waals surface area contributed by atoms with Crippen molar-refractivity contribution in [1.29, 1.82) is 0 Å². The third-order valence-electron chi connectivity index (χ3n) is 6.90. The summed E-state index contributed by atoms with van der Waals surface area (Å²) in [7, 11) is 0. The molecule has 1 atom stereocenters. The van der Waals surface area contributed by atoms with Gasteiger partial charge in [-0.05, 0) is 62.7 Å². The zero-order chi connectivity index (χ0) is 30.5. The molecule has 0 saturated carbocycles. The first kappa shape index (κ1) is 29.6. The summed E-state index contributed by atoms with van der Waals surface area (Å²) in [5, 5.41) is 34.4. The molecule has 11 nitrogen and oxygen atoms in total. The minimum atomic E-state index is -0.579. The third-order valence-corrected chi connectivity index (χ3v) is 7.15. The van der Waals surface area contributed by atoms with E-state index in [4.69, 9.17) is 21.3 Å². The highest BCUT2D eigenvalue weighted by Gasteiger charge is 2.30. The third kappa shape index (κ3) is 6.46. The Hall–Kier alpha value is -4.90.